The zero-order valence-corrected chi connectivity index (χ0v) is 21.3. The van der Waals surface area contributed by atoms with Crippen molar-refractivity contribution in [2.75, 3.05) is 20.1 Å². The Labute approximate surface area is 198 Å². The van der Waals surface area contributed by atoms with E-state index >= 15 is 0 Å². The molecule has 1 fully saturated rings. The van der Waals surface area contributed by atoms with E-state index in [1.807, 2.05) is 18.2 Å². The standard InChI is InChI=1S/C23H38N4O3S2/c1-23(2,3)32(29,30)26-20-11-9-18(10-12-20)22(28)25-13-6-14-27(4)16-17-7-5-8-19(15-17)21(24)31/h5,7-8,15,18,20,26H,6,9-14,16H2,1-4H3,(H2,24,31)(H,25,28). The lowest BCUT2D eigenvalue weighted by Crippen LogP contribution is -2.46. The number of benzene rings is 1. The van der Waals surface area contributed by atoms with Gasteiger partial charge >= 0.3 is 0 Å². The van der Waals surface area contributed by atoms with Crippen molar-refractivity contribution in [3.63, 3.8) is 0 Å². The van der Waals surface area contributed by atoms with Crippen molar-refractivity contribution in [1.82, 2.24) is 14.9 Å². The molecule has 9 heteroatoms. The van der Waals surface area contributed by atoms with Gasteiger partial charge in [0.05, 0.1) is 4.75 Å². The third-order valence-corrected chi connectivity index (χ3v) is 8.40. The molecule has 1 aliphatic carbocycles. The van der Waals surface area contributed by atoms with Gasteiger partial charge in [0.15, 0.2) is 0 Å². The summed E-state index contributed by atoms with van der Waals surface area (Å²) in [6.07, 6.45) is 3.67. The molecular weight excluding hydrogens is 444 g/mol. The average molecular weight is 483 g/mol. The van der Waals surface area contributed by atoms with Crippen molar-refractivity contribution in [1.29, 1.82) is 0 Å². The number of nitrogens with one attached hydrogen (secondary N) is 2. The van der Waals surface area contributed by atoms with Crippen LogP contribution in [0.25, 0.3) is 0 Å². The van der Waals surface area contributed by atoms with E-state index in [2.05, 4.69) is 28.1 Å². The van der Waals surface area contributed by atoms with E-state index in [0.29, 0.717) is 37.2 Å². The van der Waals surface area contributed by atoms with Crippen LogP contribution in [0, 0.1) is 5.92 Å². The summed E-state index contributed by atoms with van der Waals surface area (Å²) in [6, 6.07) is 7.86. The van der Waals surface area contributed by atoms with Gasteiger partial charge in [-0.15, -0.1) is 0 Å². The van der Waals surface area contributed by atoms with Gasteiger partial charge < -0.3 is 16.0 Å². The molecule has 0 atom stereocenters. The van der Waals surface area contributed by atoms with Crippen LogP contribution in [0.4, 0.5) is 0 Å². The number of thiocarbonyl (C=S) groups is 1. The summed E-state index contributed by atoms with van der Waals surface area (Å²) in [7, 11) is -1.31. The summed E-state index contributed by atoms with van der Waals surface area (Å²) < 4.78 is 26.6. The number of hydrogen-bond acceptors (Lipinski definition) is 5. The fourth-order valence-corrected chi connectivity index (χ4v) is 4.94. The third kappa shape index (κ3) is 8.10. The fraction of sp³-hybridized carbons (Fsp3) is 0.652. The summed E-state index contributed by atoms with van der Waals surface area (Å²) in [5.74, 6) is 0.0416. The van der Waals surface area contributed by atoms with Crippen molar-refractivity contribution in [3.05, 3.63) is 35.4 Å². The topological polar surface area (TPSA) is 105 Å². The summed E-state index contributed by atoms with van der Waals surface area (Å²) in [5, 5.41) is 3.05. The highest BCUT2D eigenvalue weighted by molar-refractivity contribution is 7.90. The summed E-state index contributed by atoms with van der Waals surface area (Å²) in [4.78, 5) is 15.1. The minimum absolute atomic E-state index is 0.0361. The van der Waals surface area contributed by atoms with Crippen LogP contribution in [0.5, 0.6) is 0 Å². The van der Waals surface area contributed by atoms with Crippen LogP contribution >= 0.6 is 12.2 Å². The van der Waals surface area contributed by atoms with Crippen LogP contribution in [0.15, 0.2) is 24.3 Å². The highest BCUT2D eigenvalue weighted by atomic mass is 32.2. The first-order valence-corrected chi connectivity index (χ1v) is 13.1. The monoisotopic (exact) mass is 482 g/mol. The Morgan fingerprint density at radius 1 is 1.22 bits per heavy atom. The normalized spacial score (nSPS) is 19.7. The SMILES string of the molecule is CN(CCCNC(=O)C1CCC(NS(=O)(=O)C(C)(C)C)CC1)Cc1cccc(C(N)=S)c1. The first-order chi connectivity index (χ1) is 14.9. The Kier molecular flexibility index (Phi) is 9.63. The smallest absolute Gasteiger partial charge is 0.223 e. The number of nitrogens with two attached hydrogens (primary N) is 1. The first kappa shape index (κ1) is 26.7. The third-order valence-electron chi connectivity index (χ3n) is 5.91. The highest BCUT2D eigenvalue weighted by Gasteiger charge is 2.33. The Morgan fingerprint density at radius 2 is 1.88 bits per heavy atom. The Bertz CT molecular complexity index is 889. The zero-order chi connectivity index (χ0) is 23.9. The number of hydrogen-bond donors (Lipinski definition) is 3. The maximum atomic E-state index is 12.5. The van der Waals surface area contributed by atoms with E-state index in [0.717, 1.165) is 30.6 Å². The van der Waals surface area contributed by atoms with Crippen molar-refractivity contribution in [2.45, 2.75) is 70.2 Å². The molecule has 4 N–H and O–H groups in total. The summed E-state index contributed by atoms with van der Waals surface area (Å²) in [5.41, 5.74) is 7.73. The van der Waals surface area contributed by atoms with Crippen molar-refractivity contribution >= 4 is 33.1 Å². The Morgan fingerprint density at radius 3 is 2.47 bits per heavy atom. The van der Waals surface area contributed by atoms with Gasteiger partial charge in [0.2, 0.25) is 15.9 Å². The molecule has 0 spiro atoms. The van der Waals surface area contributed by atoms with E-state index in [9.17, 15) is 13.2 Å². The molecule has 0 heterocycles. The number of nitrogens with zero attached hydrogens (tertiary/aromatic N) is 1. The predicted octanol–water partition coefficient (Wildman–Crippen LogP) is 2.54. The van der Waals surface area contributed by atoms with Crippen molar-refractivity contribution in [3.8, 4) is 0 Å². The van der Waals surface area contributed by atoms with E-state index in [4.69, 9.17) is 18.0 Å². The molecule has 1 aliphatic rings. The molecule has 1 aromatic carbocycles. The van der Waals surface area contributed by atoms with Crippen LogP contribution in [-0.4, -0.2) is 55.1 Å². The van der Waals surface area contributed by atoms with Crippen LogP contribution in [-0.2, 0) is 21.4 Å². The molecule has 7 nitrogen and oxygen atoms in total. The van der Waals surface area contributed by atoms with Crippen LogP contribution in [0.1, 0.15) is 64.0 Å². The fourth-order valence-electron chi connectivity index (χ4n) is 3.79. The second-order valence-electron chi connectivity index (χ2n) is 9.73. The molecule has 0 aromatic heterocycles. The zero-order valence-electron chi connectivity index (χ0n) is 19.7. The maximum Gasteiger partial charge on any atom is 0.223 e. The quantitative estimate of drug-likeness (QED) is 0.350. The molecule has 1 saturated carbocycles. The molecule has 0 radical (unpaired) electrons. The molecule has 0 saturated heterocycles. The second-order valence-corrected chi connectivity index (χ2v) is 12.6. The van der Waals surface area contributed by atoms with Gasteiger partial charge in [-0.1, -0.05) is 30.4 Å². The number of amides is 1. The molecule has 180 valence electrons. The second kappa shape index (κ2) is 11.5. The van der Waals surface area contributed by atoms with Gasteiger partial charge in [0.25, 0.3) is 0 Å². The number of sulfonamides is 1. The predicted molar refractivity (Wildman–Crippen MR) is 134 cm³/mol. The maximum absolute atomic E-state index is 12.5. The van der Waals surface area contributed by atoms with Gasteiger partial charge in [0, 0.05) is 30.6 Å². The minimum Gasteiger partial charge on any atom is -0.389 e. The van der Waals surface area contributed by atoms with Crippen molar-refractivity contribution < 1.29 is 13.2 Å². The van der Waals surface area contributed by atoms with Crippen LogP contribution < -0.4 is 15.8 Å². The lowest BCUT2D eigenvalue weighted by molar-refractivity contribution is -0.126. The van der Waals surface area contributed by atoms with Gasteiger partial charge in [-0.05, 0) is 78.1 Å². The molecular formula is C23H38N4O3S2. The molecule has 0 bridgehead atoms. The summed E-state index contributed by atoms with van der Waals surface area (Å²) in [6.45, 7) is 7.36. The van der Waals surface area contributed by atoms with Crippen molar-refractivity contribution in [2.24, 2.45) is 11.7 Å². The molecule has 32 heavy (non-hydrogen) atoms. The minimum atomic E-state index is -3.36. The van der Waals surface area contributed by atoms with E-state index < -0.39 is 14.8 Å². The molecule has 0 aliphatic heterocycles. The van der Waals surface area contributed by atoms with Gasteiger partial charge in [0.1, 0.15) is 4.99 Å². The molecule has 1 aromatic rings. The average Bonchev–Trinajstić information content (AvgIpc) is 2.70. The van der Waals surface area contributed by atoms with Gasteiger partial charge in [-0.25, -0.2) is 13.1 Å². The molecule has 2 rings (SSSR count). The Balaban J connectivity index is 1.66. The van der Waals surface area contributed by atoms with Gasteiger partial charge in [-0.3, -0.25) is 4.79 Å². The lowest BCUT2D eigenvalue weighted by atomic mass is 9.86. The van der Waals surface area contributed by atoms with Crippen LogP contribution in [0.2, 0.25) is 0 Å². The Hall–Kier alpha value is -1.55. The summed E-state index contributed by atoms with van der Waals surface area (Å²) >= 11 is 5.04. The lowest BCUT2D eigenvalue weighted by Gasteiger charge is -2.30. The number of carbonyl (C=O) groups is 1. The van der Waals surface area contributed by atoms with Gasteiger partial charge in [-0.2, -0.15) is 0 Å². The molecule has 1 amide bonds. The van der Waals surface area contributed by atoms with E-state index in [1.54, 1.807) is 20.8 Å². The number of rotatable bonds is 10. The van der Waals surface area contributed by atoms with Crippen LogP contribution in [0.3, 0.4) is 0 Å². The first-order valence-electron chi connectivity index (χ1n) is 11.3. The number of carbonyl (C=O) groups excluding carboxylic acids is 1. The largest absolute Gasteiger partial charge is 0.389 e. The molecule has 0 unspecified atom stereocenters. The van der Waals surface area contributed by atoms with E-state index in [-0.39, 0.29) is 17.9 Å². The van der Waals surface area contributed by atoms with E-state index in [1.165, 1.54) is 0 Å². The highest BCUT2D eigenvalue weighted by Crippen LogP contribution is 2.26.